The Hall–Kier alpha value is -0.800. The average molecular weight is 530 g/mol. The van der Waals surface area contributed by atoms with E-state index in [0.717, 1.165) is 50.3 Å². The monoisotopic (exact) mass is 530 g/mol. The van der Waals surface area contributed by atoms with Gasteiger partial charge in [0.25, 0.3) is 0 Å². The van der Waals surface area contributed by atoms with Crippen molar-refractivity contribution in [1.82, 2.24) is 15.5 Å². The number of hydrogen-bond donors (Lipinski definition) is 2. The van der Waals surface area contributed by atoms with E-state index in [1.165, 1.54) is 64.5 Å². The van der Waals surface area contributed by atoms with E-state index in [1.54, 1.807) is 6.26 Å². The van der Waals surface area contributed by atoms with E-state index in [0.29, 0.717) is 6.04 Å². The van der Waals surface area contributed by atoms with Gasteiger partial charge in [-0.3, -0.25) is 4.99 Å². The number of hydrogen-bond acceptors (Lipinski definition) is 4. The first kappa shape index (κ1) is 23.9. The highest BCUT2D eigenvalue weighted by Crippen LogP contribution is 2.26. The second kappa shape index (κ2) is 12.9. The third-order valence-corrected chi connectivity index (χ3v) is 6.68. The van der Waals surface area contributed by atoms with Crippen molar-refractivity contribution in [3.63, 3.8) is 0 Å². The van der Waals surface area contributed by atoms with Gasteiger partial charge in [0.05, 0.1) is 18.9 Å². The van der Waals surface area contributed by atoms with Crippen LogP contribution in [0.4, 0.5) is 0 Å². The highest BCUT2D eigenvalue weighted by molar-refractivity contribution is 14.0. The zero-order valence-electron chi connectivity index (χ0n) is 18.2. The van der Waals surface area contributed by atoms with Crippen LogP contribution >= 0.6 is 24.0 Å². The predicted octanol–water partition coefficient (Wildman–Crippen LogP) is 3.95. The largest absolute Gasteiger partial charge is 0.469 e. The van der Waals surface area contributed by atoms with Crippen LogP contribution in [0.1, 0.15) is 63.5 Å². The van der Waals surface area contributed by atoms with Crippen molar-refractivity contribution < 1.29 is 9.15 Å². The molecule has 2 N–H and O–H groups in total. The highest BCUT2D eigenvalue weighted by atomic mass is 127. The van der Waals surface area contributed by atoms with Crippen molar-refractivity contribution >= 4 is 29.9 Å². The molecule has 2 aliphatic heterocycles. The molecule has 1 unspecified atom stereocenters. The molecule has 4 rings (SSSR count). The number of nitrogens with one attached hydrogen (secondary N) is 2. The number of furan rings is 1. The number of likely N-dealkylation sites (tertiary alicyclic amines) is 1. The molecule has 3 heterocycles. The first-order chi connectivity index (χ1) is 14.4. The van der Waals surface area contributed by atoms with Gasteiger partial charge in [-0.25, -0.2) is 0 Å². The third-order valence-electron chi connectivity index (χ3n) is 6.68. The Balaban J connectivity index is 0.00000256. The van der Waals surface area contributed by atoms with E-state index in [-0.39, 0.29) is 30.1 Å². The Morgan fingerprint density at radius 1 is 1.07 bits per heavy atom. The van der Waals surface area contributed by atoms with Gasteiger partial charge < -0.3 is 24.7 Å². The maximum Gasteiger partial charge on any atom is 0.191 e. The van der Waals surface area contributed by atoms with Crippen LogP contribution < -0.4 is 10.6 Å². The number of aliphatic imine (C=N–C) groups is 1. The summed E-state index contributed by atoms with van der Waals surface area (Å²) < 4.78 is 11.3. The lowest BCUT2D eigenvalue weighted by atomic mass is 10.0. The molecule has 6 nitrogen and oxygen atoms in total. The number of guanidine groups is 1. The summed E-state index contributed by atoms with van der Waals surface area (Å²) in [5.74, 6) is 1.95. The van der Waals surface area contributed by atoms with E-state index in [9.17, 15) is 0 Å². The van der Waals surface area contributed by atoms with Gasteiger partial charge in [-0.15, -0.1) is 24.0 Å². The molecule has 3 fully saturated rings. The lowest BCUT2D eigenvalue weighted by Crippen LogP contribution is -2.50. The highest BCUT2D eigenvalue weighted by Gasteiger charge is 2.27. The fraction of sp³-hybridized carbons (Fsp3) is 0.783. The van der Waals surface area contributed by atoms with Gasteiger partial charge in [0.2, 0.25) is 0 Å². The zero-order chi connectivity index (χ0) is 19.7. The summed E-state index contributed by atoms with van der Waals surface area (Å²) >= 11 is 0. The molecule has 1 aliphatic carbocycles. The summed E-state index contributed by atoms with van der Waals surface area (Å²) in [6, 6.07) is 5.33. The topological polar surface area (TPSA) is 62.0 Å². The summed E-state index contributed by atoms with van der Waals surface area (Å²) in [7, 11) is 0. The lowest BCUT2D eigenvalue weighted by Gasteiger charge is -2.36. The second-order valence-electron chi connectivity index (χ2n) is 8.83. The molecule has 1 atom stereocenters. The minimum atomic E-state index is 0. The Labute approximate surface area is 198 Å². The minimum Gasteiger partial charge on any atom is -0.469 e. The maximum atomic E-state index is 5.87. The van der Waals surface area contributed by atoms with Crippen LogP contribution in [-0.2, 0) is 11.2 Å². The smallest absolute Gasteiger partial charge is 0.191 e. The SMILES string of the molecule is I.c1coc(CCNC(=NCC2CCCCO2)NC2CCN(C3CCCC3)CC2)c1. The molecule has 30 heavy (non-hydrogen) atoms. The van der Waals surface area contributed by atoms with Crippen molar-refractivity contribution in [3.8, 4) is 0 Å². The second-order valence-corrected chi connectivity index (χ2v) is 8.83. The zero-order valence-corrected chi connectivity index (χ0v) is 20.5. The number of halogens is 1. The molecule has 0 amide bonds. The summed E-state index contributed by atoms with van der Waals surface area (Å²) in [6.45, 7) is 4.89. The van der Waals surface area contributed by atoms with Gasteiger partial charge in [-0.2, -0.15) is 0 Å². The Kier molecular flexibility index (Phi) is 10.3. The molecule has 0 spiro atoms. The number of rotatable bonds is 7. The van der Waals surface area contributed by atoms with E-state index in [4.69, 9.17) is 14.1 Å². The molecular weight excluding hydrogens is 491 g/mol. The molecule has 3 aliphatic rings. The van der Waals surface area contributed by atoms with E-state index < -0.39 is 0 Å². The van der Waals surface area contributed by atoms with Gasteiger partial charge in [0, 0.05) is 44.7 Å². The number of ether oxygens (including phenoxy) is 1. The molecule has 170 valence electrons. The van der Waals surface area contributed by atoms with Crippen molar-refractivity contribution in [1.29, 1.82) is 0 Å². The van der Waals surface area contributed by atoms with Gasteiger partial charge in [-0.05, 0) is 57.1 Å². The Bertz CT molecular complexity index is 605. The molecule has 1 saturated carbocycles. The molecule has 7 heteroatoms. The van der Waals surface area contributed by atoms with Crippen LogP contribution in [0.3, 0.4) is 0 Å². The van der Waals surface area contributed by atoms with Crippen LogP contribution in [0.25, 0.3) is 0 Å². The molecule has 0 bridgehead atoms. The van der Waals surface area contributed by atoms with Crippen LogP contribution in [0.2, 0.25) is 0 Å². The average Bonchev–Trinajstić information content (AvgIpc) is 3.48. The molecule has 2 saturated heterocycles. The standard InChI is InChI=1S/C23H38N4O2.HI/c1-2-7-20(6-1)27-14-11-19(12-15-27)26-23(24-13-10-21-9-5-17-28-21)25-18-22-8-3-4-16-29-22;/h5,9,17,19-20,22H,1-4,6-8,10-16,18H2,(H2,24,25,26);1H. The normalized spacial score (nSPS) is 24.5. The van der Waals surface area contributed by atoms with Crippen molar-refractivity contribution in [3.05, 3.63) is 24.2 Å². The Morgan fingerprint density at radius 3 is 2.57 bits per heavy atom. The van der Waals surface area contributed by atoms with Crippen LogP contribution in [0, 0.1) is 0 Å². The molecule has 1 aromatic rings. The van der Waals surface area contributed by atoms with E-state index in [1.807, 2.05) is 12.1 Å². The first-order valence-electron chi connectivity index (χ1n) is 11.8. The van der Waals surface area contributed by atoms with Gasteiger partial charge in [0.1, 0.15) is 5.76 Å². The fourth-order valence-electron chi connectivity index (χ4n) is 4.93. The predicted molar refractivity (Wildman–Crippen MR) is 132 cm³/mol. The summed E-state index contributed by atoms with van der Waals surface area (Å²) in [6.07, 6.45) is 14.5. The number of piperidine rings is 1. The van der Waals surface area contributed by atoms with Gasteiger partial charge in [0.15, 0.2) is 5.96 Å². The minimum absolute atomic E-state index is 0. The molecule has 0 radical (unpaired) electrons. The molecule has 0 aromatic carbocycles. The molecule has 1 aromatic heterocycles. The van der Waals surface area contributed by atoms with Gasteiger partial charge >= 0.3 is 0 Å². The van der Waals surface area contributed by atoms with E-state index >= 15 is 0 Å². The summed E-state index contributed by atoms with van der Waals surface area (Å²) in [5.41, 5.74) is 0. The van der Waals surface area contributed by atoms with Crippen molar-refractivity contribution in [2.75, 3.05) is 32.8 Å². The number of nitrogens with zero attached hydrogens (tertiary/aromatic N) is 2. The Morgan fingerprint density at radius 2 is 1.87 bits per heavy atom. The first-order valence-corrected chi connectivity index (χ1v) is 11.8. The van der Waals surface area contributed by atoms with Crippen LogP contribution in [0.15, 0.2) is 27.8 Å². The van der Waals surface area contributed by atoms with Crippen molar-refractivity contribution in [2.24, 2.45) is 4.99 Å². The third kappa shape index (κ3) is 7.41. The van der Waals surface area contributed by atoms with Crippen LogP contribution in [-0.4, -0.2) is 61.8 Å². The lowest BCUT2D eigenvalue weighted by molar-refractivity contribution is 0.0224. The van der Waals surface area contributed by atoms with Crippen molar-refractivity contribution in [2.45, 2.75) is 82.4 Å². The summed E-state index contributed by atoms with van der Waals surface area (Å²) in [5, 5.41) is 7.23. The quantitative estimate of drug-likeness (QED) is 0.318. The fourth-order valence-corrected chi connectivity index (χ4v) is 4.93. The van der Waals surface area contributed by atoms with Gasteiger partial charge in [-0.1, -0.05) is 12.8 Å². The maximum absolute atomic E-state index is 5.87. The van der Waals surface area contributed by atoms with E-state index in [2.05, 4.69) is 15.5 Å². The molecular formula is C23H39IN4O2. The van der Waals surface area contributed by atoms with Crippen LogP contribution in [0.5, 0.6) is 0 Å². The summed E-state index contributed by atoms with van der Waals surface area (Å²) in [4.78, 5) is 7.61.